The molecular weight excluding hydrogens is 325 g/mol. The van der Waals surface area contributed by atoms with E-state index < -0.39 is 5.63 Å². The number of halogens is 1. The summed E-state index contributed by atoms with van der Waals surface area (Å²) >= 11 is 0. The van der Waals surface area contributed by atoms with Crippen molar-refractivity contribution in [1.29, 1.82) is 0 Å². The first-order valence-corrected chi connectivity index (χ1v) is 7.52. The van der Waals surface area contributed by atoms with E-state index in [1.54, 1.807) is 30.5 Å². The lowest BCUT2D eigenvalue weighted by Crippen LogP contribution is -2.02. The van der Waals surface area contributed by atoms with Crippen molar-refractivity contribution < 1.29 is 13.5 Å². The fourth-order valence-electron chi connectivity index (χ4n) is 2.44. The molecule has 2 heterocycles. The van der Waals surface area contributed by atoms with Gasteiger partial charge in [0.1, 0.15) is 29.5 Å². The molecular formula is C18H12FN3O3. The summed E-state index contributed by atoms with van der Waals surface area (Å²) in [4.78, 5) is 11.6. The molecule has 0 fully saturated rings. The van der Waals surface area contributed by atoms with Gasteiger partial charge in [-0.1, -0.05) is 17.3 Å². The van der Waals surface area contributed by atoms with Gasteiger partial charge in [0.25, 0.3) is 0 Å². The summed E-state index contributed by atoms with van der Waals surface area (Å²) in [6, 6.07) is 14.3. The van der Waals surface area contributed by atoms with Gasteiger partial charge in [-0.3, -0.25) is 0 Å². The Balaban J connectivity index is 1.56. The molecule has 0 radical (unpaired) electrons. The van der Waals surface area contributed by atoms with Crippen LogP contribution in [0.4, 0.5) is 4.39 Å². The highest BCUT2D eigenvalue weighted by molar-refractivity contribution is 5.82. The van der Waals surface area contributed by atoms with Gasteiger partial charge in [0.05, 0.1) is 23.3 Å². The minimum Gasteiger partial charge on any atom is -0.486 e. The molecule has 0 N–H and O–H groups in total. The maximum absolute atomic E-state index is 13.0. The Kier molecular flexibility index (Phi) is 3.74. The van der Waals surface area contributed by atoms with Crippen LogP contribution in [0.15, 0.2) is 70.0 Å². The lowest BCUT2D eigenvalue weighted by Gasteiger charge is -2.06. The molecule has 124 valence electrons. The molecule has 0 saturated carbocycles. The molecule has 2 aromatic carbocycles. The average Bonchev–Trinajstić information content (AvgIpc) is 3.09. The first kappa shape index (κ1) is 15.1. The molecule has 7 heteroatoms. The normalized spacial score (nSPS) is 10.9. The monoisotopic (exact) mass is 337 g/mol. The Bertz CT molecular complexity index is 1090. The third-order valence-corrected chi connectivity index (χ3v) is 3.62. The molecule has 0 amide bonds. The summed E-state index contributed by atoms with van der Waals surface area (Å²) < 4.78 is 25.3. The highest BCUT2D eigenvalue weighted by Gasteiger charge is 2.08. The van der Waals surface area contributed by atoms with Gasteiger partial charge in [-0.15, -0.1) is 5.10 Å². The average molecular weight is 337 g/mol. The van der Waals surface area contributed by atoms with E-state index in [4.69, 9.17) is 9.15 Å². The summed E-state index contributed by atoms with van der Waals surface area (Å²) in [7, 11) is 0. The number of benzene rings is 2. The van der Waals surface area contributed by atoms with Gasteiger partial charge in [0.2, 0.25) is 0 Å². The lowest BCUT2D eigenvalue weighted by atomic mass is 10.2. The second-order valence-corrected chi connectivity index (χ2v) is 5.35. The van der Waals surface area contributed by atoms with E-state index >= 15 is 0 Å². The summed E-state index contributed by atoms with van der Waals surface area (Å²) in [5.74, 6) is 0.102. The largest absolute Gasteiger partial charge is 0.486 e. The smallest absolute Gasteiger partial charge is 0.339 e. The highest BCUT2D eigenvalue weighted by Crippen LogP contribution is 2.23. The predicted octanol–water partition coefficient (Wildman–Crippen LogP) is 3.09. The Morgan fingerprint density at radius 3 is 2.76 bits per heavy atom. The fraction of sp³-hybridized carbons (Fsp3) is 0.0556. The van der Waals surface area contributed by atoms with Crippen LogP contribution in [0.5, 0.6) is 5.75 Å². The topological polar surface area (TPSA) is 70.2 Å². The van der Waals surface area contributed by atoms with Crippen LogP contribution < -0.4 is 10.4 Å². The number of fused-ring (bicyclic) bond motifs is 1. The molecule has 0 aliphatic carbocycles. The number of aromatic nitrogens is 3. The number of rotatable bonds is 4. The van der Waals surface area contributed by atoms with Gasteiger partial charge in [0, 0.05) is 0 Å². The minimum atomic E-state index is -0.483. The van der Waals surface area contributed by atoms with Crippen LogP contribution in [-0.2, 0) is 6.61 Å². The van der Waals surface area contributed by atoms with Crippen LogP contribution in [0.1, 0.15) is 5.69 Å². The zero-order valence-electron chi connectivity index (χ0n) is 12.9. The van der Waals surface area contributed by atoms with E-state index in [1.807, 2.05) is 12.1 Å². The quantitative estimate of drug-likeness (QED) is 0.535. The van der Waals surface area contributed by atoms with E-state index in [9.17, 15) is 9.18 Å². The fourth-order valence-corrected chi connectivity index (χ4v) is 2.44. The molecule has 0 spiro atoms. The van der Waals surface area contributed by atoms with Gasteiger partial charge in [-0.05, 0) is 36.4 Å². The second kappa shape index (κ2) is 6.20. The molecule has 0 atom stereocenters. The molecule has 4 rings (SSSR count). The summed E-state index contributed by atoms with van der Waals surface area (Å²) in [6.45, 7) is 0.134. The van der Waals surface area contributed by atoms with Crippen molar-refractivity contribution >= 4 is 11.0 Å². The molecule has 6 nitrogen and oxygen atoms in total. The van der Waals surface area contributed by atoms with Crippen molar-refractivity contribution in [1.82, 2.24) is 15.0 Å². The molecule has 4 aromatic rings. The zero-order valence-corrected chi connectivity index (χ0v) is 12.9. The van der Waals surface area contributed by atoms with E-state index in [2.05, 4.69) is 10.3 Å². The molecule has 0 aliphatic heterocycles. The predicted molar refractivity (Wildman–Crippen MR) is 88.1 cm³/mol. The number of ether oxygens (including phenoxy) is 1. The van der Waals surface area contributed by atoms with E-state index in [1.165, 1.54) is 22.9 Å². The maximum atomic E-state index is 13.0. The zero-order chi connectivity index (χ0) is 17.2. The van der Waals surface area contributed by atoms with Crippen molar-refractivity contribution in [3.8, 4) is 11.4 Å². The molecule has 0 saturated heterocycles. The van der Waals surface area contributed by atoms with Crippen molar-refractivity contribution in [2.75, 3.05) is 0 Å². The molecule has 0 unspecified atom stereocenters. The van der Waals surface area contributed by atoms with Gasteiger partial charge >= 0.3 is 5.63 Å². The van der Waals surface area contributed by atoms with Crippen LogP contribution in [0.3, 0.4) is 0 Å². The number of hydrogen-bond donors (Lipinski definition) is 0. The van der Waals surface area contributed by atoms with Crippen LogP contribution in [-0.4, -0.2) is 15.0 Å². The van der Waals surface area contributed by atoms with Crippen LogP contribution >= 0.6 is 0 Å². The van der Waals surface area contributed by atoms with Gasteiger partial charge in [-0.2, -0.15) is 0 Å². The molecule has 25 heavy (non-hydrogen) atoms. The van der Waals surface area contributed by atoms with Gasteiger partial charge in [0.15, 0.2) is 0 Å². The number of nitrogens with zero attached hydrogens (tertiary/aromatic N) is 3. The Morgan fingerprint density at radius 1 is 1.12 bits per heavy atom. The third kappa shape index (κ3) is 3.12. The van der Waals surface area contributed by atoms with Crippen LogP contribution in [0.25, 0.3) is 16.7 Å². The second-order valence-electron chi connectivity index (χ2n) is 5.35. The molecule has 0 bridgehead atoms. The van der Waals surface area contributed by atoms with Crippen LogP contribution in [0.2, 0.25) is 0 Å². The lowest BCUT2D eigenvalue weighted by molar-refractivity contribution is 0.302. The van der Waals surface area contributed by atoms with E-state index in [0.29, 0.717) is 28.1 Å². The molecule has 2 aromatic heterocycles. The summed E-state index contributed by atoms with van der Waals surface area (Å²) in [5, 5.41) is 8.72. The number of hydrogen-bond acceptors (Lipinski definition) is 5. The van der Waals surface area contributed by atoms with Crippen molar-refractivity contribution in [2.45, 2.75) is 6.61 Å². The maximum Gasteiger partial charge on any atom is 0.339 e. The van der Waals surface area contributed by atoms with Crippen molar-refractivity contribution in [3.63, 3.8) is 0 Å². The van der Waals surface area contributed by atoms with E-state index in [0.717, 1.165) is 0 Å². The van der Waals surface area contributed by atoms with Crippen molar-refractivity contribution in [2.24, 2.45) is 0 Å². The minimum absolute atomic E-state index is 0.134. The van der Waals surface area contributed by atoms with E-state index in [-0.39, 0.29) is 12.4 Å². The van der Waals surface area contributed by atoms with Crippen molar-refractivity contribution in [3.05, 3.63) is 82.7 Å². The molecule has 0 aliphatic rings. The first-order chi connectivity index (χ1) is 12.2. The number of para-hydroxylation sites is 1. The first-order valence-electron chi connectivity index (χ1n) is 7.52. The standard InChI is InChI=1S/C18H12FN3O3/c19-12-5-7-14(8-6-12)22-10-13(20-21-22)11-24-17-9-18(23)25-16-4-2-1-3-15(16)17/h1-10H,11H2. The Labute approximate surface area is 141 Å². The van der Waals surface area contributed by atoms with Gasteiger partial charge in [-0.25, -0.2) is 13.9 Å². The highest BCUT2D eigenvalue weighted by atomic mass is 19.1. The summed E-state index contributed by atoms with van der Waals surface area (Å²) in [6.07, 6.45) is 1.68. The van der Waals surface area contributed by atoms with Crippen LogP contribution in [0, 0.1) is 5.82 Å². The summed E-state index contributed by atoms with van der Waals surface area (Å²) in [5.41, 5.74) is 1.23. The van der Waals surface area contributed by atoms with Gasteiger partial charge < -0.3 is 9.15 Å². The Hall–Kier alpha value is -3.48. The third-order valence-electron chi connectivity index (χ3n) is 3.62. The SMILES string of the molecule is O=c1cc(OCc2cn(-c3ccc(F)cc3)nn2)c2ccccc2o1. The Morgan fingerprint density at radius 2 is 1.92 bits per heavy atom.